The van der Waals surface area contributed by atoms with Crippen LogP contribution in [0.2, 0.25) is 0 Å². The van der Waals surface area contributed by atoms with Gasteiger partial charge in [-0.2, -0.15) is 0 Å². The monoisotopic (exact) mass is 1040 g/mol. The molecule has 1 heterocycles. The highest BCUT2D eigenvalue weighted by atomic mass is 16.7. The molecule has 1 rings (SSSR count). The summed E-state index contributed by atoms with van der Waals surface area (Å²) in [5, 5.41) is 56.9. The Hall–Kier alpha value is -2.64. The molecule has 8 unspecified atom stereocenters. The van der Waals surface area contributed by atoms with E-state index in [1.54, 1.807) is 6.08 Å². The predicted octanol–water partition coefficient (Wildman–Crippen LogP) is 14.2. The van der Waals surface area contributed by atoms with E-state index in [9.17, 15) is 35.1 Å². The highest BCUT2D eigenvalue weighted by molar-refractivity contribution is 5.80. The fourth-order valence-electron chi connectivity index (χ4n) is 9.31. The first-order chi connectivity index (χ1) is 36.2. The van der Waals surface area contributed by atoms with Gasteiger partial charge in [-0.3, -0.25) is 9.59 Å². The van der Waals surface area contributed by atoms with Crippen molar-refractivity contribution in [3.63, 3.8) is 0 Å². The first-order valence-electron chi connectivity index (χ1n) is 30.6. The molecule has 1 saturated heterocycles. The van der Waals surface area contributed by atoms with Crippen LogP contribution in [-0.2, 0) is 23.8 Å². The van der Waals surface area contributed by atoms with E-state index in [0.717, 1.165) is 96.3 Å². The second kappa shape index (κ2) is 51.1. The molecule has 0 bridgehead atoms. The first-order valence-corrected chi connectivity index (χ1v) is 30.6. The van der Waals surface area contributed by atoms with E-state index < -0.39 is 67.4 Å². The average molecular weight is 1040 g/mol. The number of nitrogens with one attached hydrogen (secondary N) is 1. The first kappa shape index (κ1) is 69.4. The summed E-state index contributed by atoms with van der Waals surface area (Å²) in [5.74, 6) is -1.21. The number of aliphatic hydroxyl groups is 5. The van der Waals surface area contributed by atoms with Crippen LogP contribution in [0.4, 0.5) is 0 Å². The van der Waals surface area contributed by atoms with E-state index in [2.05, 4.69) is 74.7 Å². The minimum absolute atomic E-state index is 0.113. The van der Waals surface area contributed by atoms with Gasteiger partial charge in [-0.15, -0.1) is 0 Å². The van der Waals surface area contributed by atoms with Crippen molar-refractivity contribution in [2.24, 2.45) is 0 Å². The van der Waals surface area contributed by atoms with Gasteiger partial charge in [0.2, 0.25) is 5.91 Å². The highest BCUT2D eigenvalue weighted by Gasteiger charge is 2.47. The molecule has 11 heteroatoms. The van der Waals surface area contributed by atoms with Crippen LogP contribution in [0.5, 0.6) is 0 Å². The minimum Gasteiger partial charge on any atom is -0.454 e. The summed E-state index contributed by atoms with van der Waals surface area (Å²) < 4.78 is 17.6. The number of ether oxygens (including phenoxy) is 3. The lowest BCUT2D eigenvalue weighted by Gasteiger charge is -2.41. The van der Waals surface area contributed by atoms with Gasteiger partial charge in [-0.1, -0.05) is 236 Å². The van der Waals surface area contributed by atoms with Crippen LogP contribution in [0.3, 0.4) is 0 Å². The smallest absolute Gasteiger partial charge is 0.306 e. The Morgan fingerprint density at radius 1 is 0.541 bits per heavy atom. The lowest BCUT2D eigenvalue weighted by Crippen LogP contribution is -2.61. The van der Waals surface area contributed by atoms with Gasteiger partial charge < -0.3 is 45.1 Å². The normalized spacial score (nSPS) is 19.7. The number of carbonyl (C=O) groups excluding carboxylic acids is 2. The van der Waals surface area contributed by atoms with Gasteiger partial charge in [0.15, 0.2) is 12.4 Å². The van der Waals surface area contributed by atoms with Gasteiger partial charge in [0, 0.05) is 6.42 Å². The van der Waals surface area contributed by atoms with Crippen molar-refractivity contribution < 1.29 is 49.3 Å². The Morgan fingerprint density at radius 2 is 0.973 bits per heavy atom. The average Bonchev–Trinajstić information content (AvgIpc) is 3.40. The van der Waals surface area contributed by atoms with Crippen LogP contribution in [-0.4, -0.2) is 99.6 Å². The Morgan fingerprint density at radius 3 is 1.47 bits per heavy atom. The molecule has 1 amide bonds. The fourth-order valence-corrected chi connectivity index (χ4v) is 9.31. The molecule has 0 aliphatic carbocycles. The minimum atomic E-state index is -1.62. The number of amides is 1. The van der Waals surface area contributed by atoms with Crippen LogP contribution in [0, 0.1) is 0 Å². The Labute approximate surface area is 452 Å². The summed E-state index contributed by atoms with van der Waals surface area (Å²) in [6.07, 6.45) is 52.5. The van der Waals surface area contributed by atoms with E-state index in [0.29, 0.717) is 12.8 Å². The van der Waals surface area contributed by atoms with Crippen LogP contribution >= 0.6 is 0 Å². The zero-order chi connectivity index (χ0) is 54.0. The van der Waals surface area contributed by atoms with Crippen molar-refractivity contribution in [2.75, 3.05) is 13.2 Å². The highest BCUT2D eigenvalue weighted by Crippen LogP contribution is 2.26. The van der Waals surface area contributed by atoms with Crippen LogP contribution in [0.15, 0.2) is 60.8 Å². The largest absolute Gasteiger partial charge is 0.454 e. The van der Waals surface area contributed by atoms with E-state index in [4.69, 9.17) is 14.2 Å². The van der Waals surface area contributed by atoms with Crippen LogP contribution < -0.4 is 5.32 Å². The molecule has 0 aromatic carbocycles. The maximum Gasteiger partial charge on any atom is 0.306 e. The number of allylic oxidation sites excluding steroid dienone is 9. The molecule has 0 saturated carbocycles. The van der Waals surface area contributed by atoms with Crippen LogP contribution in [0.1, 0.15) is 265 Å². The third-order valence-electron chi connectivity index (χ3n) is 14.2. The molecule has 1 aliphatic rings. The zero-order valence-corrected chi connectivity index (χ0v) is 47.5. The summed E-state index contributed by atoms with van der Waals surface area (Å²) in [5.41, 5.74) is 0. The van der Waals surface area contributed by atoms with Crippen molar-refractivity contribution in [3.05, 3.63) is 60.8 Å². The SMILES string of the molecule is CC/C=C/C/C=C/CCCCCCCCCC(=O)OC1C(OCC(NC(=O)C(O)CCCCCCCCCC/C=C\C/C=C\CCCCC)C(O)/C=C/CCCCCCCCCCCCC)OC(CO)C(O)C1O. The molecule has 430 valence electrons. The molecule has 74 heavy (non-hydrogen) atoms. The van der Waals surface area contributed by atoms with Gasteiger partial charge in [0.25, 0.3) is 0 Å². The Kier molecular flexibility index (Phi) is 47.9. The Bertz CT molecular complexity index is 1430. The van der Waals surface area contributed by atoms with E-state index in [1.165, 1.54) is 122 Å². The van der Waals surface area contributed by atoms with Crippen molar-refractivity contribution in [3.8, 4) is 0 Å². The van der Waals surface area contributed by atoms with Crippen molar-refractivity contribution in [2.45, 2.75) is 314 Å². The van der Waals surface area contributed by atoms with E-state index >= 15 is 0 Å². The standard InChI is InChI=1S/C63H113NO10/c1-4-7-10-13-16-19-22-25-27-28-29-30-32-35-38-41-44-47-50-56(67)62(71)64-54(55(66)49-46-43-40-37-34-31-24-21-18-15-12-9-6-3)53-72-63-61(60(70)59(69)57(52-65)73-63)74-58(68)51-48-45-42-39-36-33-26-23-20-17-14-11-8-5-2/h8,11,16-17,19-20,25,27,46,49,54-57,59-61,63,65-67,69-70H,4-7,9-10,12-15,18,21-24,26,28-45,47-48,50-53H2,1-3H3,(H,64,71)/b11-8+,19-16-,20-17+,27-25-,49-46+. The number of hydrogen-bond donors (Lipinski definition) is 6. The number of unbranched alkanes of at least 4 members (excludes halogenated alkanes) is 29. The molecule has 0 aromatic heterocycles. The molecular weight excluding hydrogens is 931 g/mol. The zero-order valence-electron chi connectivity index (χ0n) is 47.5. The molecule has 0 aromatic rings. The van der Waals surface area contributed by atoms with Gasteiger partial charge in [0.1, 0.15) is 24.4 Å². The number of rotatable bonds is 51. The molecule has 0 radical (unpaired) electrons. The van der Waals surface area contributed by atoms with Crippen molar-refractivity contribution in [1.29, 1.82) is 0 Å². The molecule has 11 nitrogen and oxygen atoms in total. The van der Waals surface area contributed by atoms with Gasteiger partial charge in [-0.25, -0.2) is 0 Å². The topological polar surface area (TPSA) is 175 Å². The molecule has 8 atom stereocenters. The van der Waals surface area contributed by atoms with Crippen molar-refractivity contribution >= 4 is 11.9 Å². The van der Waals surface area contributed by atoms with Crippen molar-refractivity contribution in [1.82, 2.24) is 5.32 Å². The molecule has 6 N–H and O–H groups in total. The predicted molar refractivity (Wildman–Crippen MR) is 306 cm³/mol. The summed E-state index contributed by atoms with van der Waals surface area (Å²) in [6, 6.07) is -1.03. The quantitative estimate of drug-likeness (QED) is 0.0195. The summed E-state index contributed by atoms with van der Waals surface area (Å²) in [6.45, 7) is 5.66. The van der Waals surface area contributed by atoms with Crippen LogP contribution in [0.25, 0.3) is 0 Å². The number of aliphatic hydroxyl groups excluding tert-OH is 5. The summed E-state index contributed by atoms with van der Waals surface area (Å²) in [7, 11) is 0. The third-order valence-corrected chi connectivity index (χ3v) is 14.2. The lowest BCUT2D eigenvalue weighted by atomic mass is 9.99. The number of hydrogen-bond acceptors (Lipinski definition) is 10. The second-order valence-electron chi connectivity index (χ2n) is 21.0. The fraction of sp³-hybridized carbons (Fsp3) is 0.810. The maximum absolute atomic E-state index is 13.4. The van der Waals surface area contributed by atoms with Gasteiger partial charge in [-0.05, 0) is 83.5 Å². The third kappa shape index (κ3) is 38.8. The maximum atomic E-state index is 13.4. The summed E-state index contributed by atoms with van der Waals surface area (Å²) >= 11 is 0. The van der Waals surface area contributed by atoms with Gasteiger partial charge in [0.05, 0.1) is 25.4 Å². The summed E-state index contributed by atoms with van der Waals surface area (Å²) in [4.78, 5) is 26.5. The van der Waals surface area contributed by atoms with E-state index in [-0.39, 0.29) is 19.4 Å². The lowest BCUT2D eigenvalue weighted by molar-refractivity contribution is -0.305. The van der Waals surface area contributed by atoms with Gasteiger partial charge >= 0.3 is 5.97 Å². The molecular formula is C63H113NO10. The second-order valence-corrected chi connectivity index (χ2v) is 21.0. The Balaban J connectivity index is 2.71. The number of carbonyl (C=O) groups is 2. The molecule has 1 aliphatic heterocycles. The molecule has 0 spiro atoms. The van der Waals surface area contributed by atoms with E-state index in [1.807, 2.05) is 6.08 Å². The number of esters is 1. The molecule has 1 fully saturated rings.